The molecule has 200 valence electrons. The first-order chi connectivity index (χ1) is 18.1. The number of hydrogen-bond donors (Lipinski definition) is 0. The molecule has 38 heavy (non-hydrogen) atoms. The van der Waals surface area contributed by atoms with Crippen LogP contribution in [0.15, 0.2) is 60.8 Å². The number of rotatable bonds is 5. The minimum absolute atomic E-state index is 0.238. The van der Waals surface area contributed by atoms with Crippen molar-refractivity contribution in [2.75, 3.05) is 4.90 Å². The number of nitrogens with zero attached hydrogens (tertiary/aromatic N) is 1. The van der Waals surface area contributed by atoms with Crippen LogP contribution in [-0.2, 0) is 25.8 Å². The molecule has 2 unspecified atom stereocenters. The molecule has 0 spiro atoms. The highest BCUT2D eigenvalue weighted by molar-refractivity contribution is 5.80. The Morgan fingerprint density at radius 2 is 1.55 bits per heavy atom. The fraction of sp³-hybridized carbons (Fsp3) is 0.459. The normalized spacial score (nSPS) is 17.1. The van der Waals surface area contributed by atoms with Crippen LogP contribution in [0.3, 0.4) is 0 Å². The minimum atomic E-state index is 0.238. The van der Waals surface area contributed by atoms with Gasteiger partial charge in [0.2, 0.25) is 0 Å². The molecule has 0 saturated heterocycles. The second-order valence-corrected chi connectivity index (χ2v) is 13.2. The van der Waals surface area contributed by atoms with E-state index in [1.54, 1.807) is 22.3 Å². The van der Waals surface area contributed by atoms with Crippen molar-refractivity contribution in [3.8, 4) is 11.1 Å². The van der Waals surface area contributed by atoms with Gasteiger partial charge in [-0.25, -0.2) is 0 Å². The van der Waals surface area contributed by atoms with Gasteiger partial charge in [0.1, 0.15) is 0 Å². The smallest absolute Gasteiger partial charge is 0.0481 e. The number of fused-ring (bicyclic) bond motifs is 2. The molecular formula is C37H47N. The maximum Gasteiger partial charge on any atom is 0.0481 e. The Labute approximate surface area is 232 Å². The zero-order valence-corrected chi connectivity index (χ0v) is 24.9. The molecule has 0 fully saturated rings. The Kier molecular flexibility index (Phi) is 7.33. The third kappa shape index (κ3) is 4.97. The van der Waals surface area contributed by atoms with E-state index >= 15 is 0 Å². The summed E-state index contributed by atoms with van der Waals surface area (Å²) in [6.45, 7) is 22.2. The van der Waals surface area contributed by atoms with Gasteiger partial charge < -0.3 is 4.90 Å². The first-order valence-corrected chi connectivity index (χ1v) is 14.8. The van der Waals surface area contributed by atoms with Crippen molar-refractivity contribution in [3.05, 3.63) is 99.8 Å². The molecule has 5 rings (SSSR count). The lowest BCUT2D eigenvalue weighted by Crippen LogP contribution is -2.30. The van der Waals surface area contributed by atoms with Gasteiger partial charge in [-0.05, 0) is 126 Å². The molecule has 1 aliphatic carbocycles. The molecule has 1 aliphatic heterocycles. The summed E-state index contributed by atoms with van der Waals surface area (Å²) in [5, 5.41) is 0. The van der Waals surface area contributed by atoms with Crippen LogP contribution < -0.4 is 4.90 Å². The monoisotopic (exact) mass is 505 g/mol. The Balaban J connectivity index is 1.71. The molecule has 0 aromatic heterocycles. The summed E-state index contributed by atoms with van der Waals surface area (Å²) >= 11 is 0. The van der Waals surface area contributed by atoms with E-state index in [2.05, 4.69) is 108 Å². The summed E-state index contributed by atoms with van der Waals surface area (Å²) in [7, 11) is 0. The van der Waals surface area contributed by atoms with Crippen molar-refractivity contribution in [2.24, 2.45) is 11.3 Å². The molecule has 0 saturated carbocycles. The number of hydrogen-bond acceptors (Lipinski definition) is 1. The molecule has 0 radical (unpaired) electrons. The molecule has 1 heterocycles. The minimum Gasteiger partial charge on any atom is -0.341 e. The van der Waals surface area contributed by atoms with Crippen LogP contribution in [-0.4, -0.2) is 0 Å². The zero-order valence-electron chi connectivity index (χ0n) is 24.9. The molecule has 0 amide bonds. The average molecular weight is 506 g/mol. The second kappa shape index (κ2) is 10.4. The predicted molar refractivity (Wildman–Crippen MR) is 165 cm³/mol. The molecule has 3 aromatic rings. The highest BCUT2D eigenvalue weighted by atomic mass is 15.1. The predicted octanol–water partition coefficient (Wildman–Crippen LogP) is 10.1. The first kappa shape index (κ1) is 26.8. The van der Waals surface area contributed by atoms with Crippen LogP contribution in [0.5, 0.6) is 0 Å². The van der Waals surface area contributed by atoms with Crippen molar-refractivity contribution in [1.29, 1.82) is 0 Å². The second-order valence-electron chi connectivity index (χ2n) is 13.2. The summed E-state index contributed by atoms with van der Waals surface area (Å²) in [5.41, 5.74) is 16.2. The van der Waals surface area contributed by atoms with Crippen molar-refractivity contribution in [3.63, 3.8) is 0 Å². The standard InChI is InChI=1S/C37H47N/c1-24-13-9-10-16-32(24)23-38-26(3)17-20-33-34(38)21-25(2)35(36(33)27(4)28(5)37(6,7)8)31-19-18-29-14-11-12-15-30(29)22-31/h9-10,13,16,18-19,21-22,27-28H,3,11-12,14-15,17,20,23H2,1-2,4-8H3. The van der Waals surface area contributed by atoms with Crippen LogP contribution in [0.25, 0.3) is 11.1 Å². The van der Waals surface area contributed by atoms with Crippen molar-refractivity contribution < 1.29 is 0 Å². The third-order valence-corrected chi connectivity index (χ3v) is 9.79. The number of benzene rings is 3. The lowest BCUT2D eigenvalue weighted by molar-refractivity contribution is 0.228. The van der Waals surface area contributed by atoms with E-state index in [0.717, 1.165) is 19.4 Å². The van der Waals surface area contributed by atoms with Crippen LogP contribution >= 0.6 is 0 Å². The highest BCUT2D eigenvalue weighted by Gasteiger charge is 2.34. The van der Waals surface area contributed by atoms with Crippen molar-refractivity contribution in [1.82, 2.24) is 0 Å². The van der Waals surface area contributed by atoms with Gasteiger partial charge in [0.25, 0.3) is 0 Å². The molecule has 0 bridgehead atoms. The van der Waals surface area contributed by atoms with Gasteiger partial charge in [-0.2, -0.15) is 0 Å². The lowest BCUT2D eigenvalue weighted by atomic mass is 9.69. The summed E-state index contributed by atoms with van der Waals surface area (Å²) in [6.07, 6.45) is 7.21. The molecule has 3 aromatic carbocycles. The molecule has 1 heteroatoms. The van der Waals surface area contributed by atoms with Crippen molar-refractivity contribution >= 4 is 5.69 Å². The van der Waals surface area contributed by atoms with E-state index in [1.807, 2.05) is 0 Å². The third-order valence-electron chi connectivity index (χ3n) is 9.79. The van der Waals surface area contributed by atoms with Gasteiger partial charge >= 0.3 is 0 Å². The van der Waals surface area contributed by atoms with E-state index in [4.69, 9.17) is 0 Å². The number of aryl methyl sites for hydroxylation is 4. The van der Waals surface area contributed by atoms with Crippen LogP contribution in [0.2, 0.25) is 0 Å². The number of anilines is 1. The number of allylic oxidation sites excluding steroid dienone is 1. The summed E-state index contributed by atoms with van der Waals surface area (Å²) < 4.78 is 0. The zero-order chi connectivity index (χ0) is 27.2. The molecular weight excluding hydrogens is 458 g/mol. The van der Waals surface area contributed by atoms with Crippen LogP contribution in [0.4, 0.5) is 5.69 Å². The summed E-state index contributed by atoms with van der Waals surface area (Å²) in [5.74, 6) is 1.01. The molecule has 0 N–H and O–H groups in total. The first-order valence-electron chi connectivity index (χ1n) is 14.8. The maximum atomic E-state index is 4.55. The van der Waals surface area contributed by atoms with Gasteiger partial charge in [0.15, 0.2) is 0 Å². The van der Waals surface area contributed by atoms with Gasteiger partial charge in [-0.15, -0.1) is 0 Å². The Morgan fingerprint density at radius 3 is 2.26 bits per heavy atom. The van der Waals surface area contributed by atoms with Crippen LogP contribution in [0, 0.1) is 25.2 Å². The maximum absolute atomic E-state index is 4.55. The Hall–Kier alpha value is -2.80. The highest BCUT2D eigenvalue weighted by Crippen LogP contribution is 2.49. The van der Waals surface area contributed by atoms with Crippen LogP contribution in [0.1, 0.15) is 98.7 Å². The van der Waals surface area contributed by atoms with Gasteiger partial charge in [0.05, 0.1) is 0 Å². The summed E-state index contributed by atoms with van der Waals surface area (Å²) in [6, 6.07) is 18.7. The Bertz CT molecular complexity index is 1350. The molecule has 2 aliphatic rings. The van der Waals surface area contributed by atoms with Crippen molar-refractivity contribution in [2.45, 2.75) is 99.5 Å². The van der Waals surface area contributed by atoms with E-state index in [1.165, 1.54) is 64.9 Å². The van der Waals surface area contributed by atoms with E-state index in [9.17, 15) is 0 Å². The van der Waals surface area contributed by atoms with Gasteiger partial charge in [-0.1, -0.05) is 83.7 Å². The largest absolute Gasteiger partial charge is 0.341 e. The Morgan fingerprint density at radius 1 is 0.842 bits per heavy atom. The SMILES string of the molecule is C=C1CCc2c(cc(C)c(-c3ccc4c(c3)CCCC4)c2C(C)C(C)C(C)(C)C)N1Cc1ccccc1C. The van der Waals surface area contributed by atoms with Gasteiger partial charge in [-0.3, -0.25) is 0 Å². The quantitative estimate of drug-likeness (QED) is 0.333. The lowest BCUT2D eigenvalue weighted by Gasteiger charge is -2.40. The fourth-order valence-corrected chi connectivity index (χ4v) is 6.87. The van der Waals surface area contributed by atoms with E-state index in [-0.39, 0.29) is 5.41 Å². The molecule has 2 atom stereocenters. The average Bonchev–Trinajstić information content (AvgIpc) is 2.89. The van der Waals surface area contributed by atoms with Gasteiger partial charge in [0, 0.05) is 17.9 Å². The van der Waals surface area contributed by atoms with E-state index < -0.39 is 0 Å². The topological polar surface area (TPSA) is 3.24 Å². The fourth-order valence-electron chi connectivity index (χ4n) is 6.87. The van der Waals surface area contributed by atoms with E-state index in [0.29, 0.717) is 11.8 Å². The summed E-state index contributed by atoms with van der Waals surface area (Å²) in [4.78, 5) is 2.52. The molecule has 1 nitrogen and oxygen atoms in total.